The van der Waals surface area contributed by atoms with Gasteiger partial charge in [0.2, 0.25) is 5.43 Å². The second kappa shape index (κ2) is 5.45. The average molecular weight is 274 g/mol. The molecule has 0 aliphatic heterocycles. The molecule has 1 heterocycles. The summed E-state index contributed by atoms with van der Waals surface area (Å²) in [7, 11) is 0. The molecule has 0 fully saturated rings. The van der Waals surface area contributed by atoms with E-state index in [4.69, 9.17) is 4.74 Å². The van der Waals surface area contributed by atoms with E-state index in [0.717, 1.165) is 5.52 Å². The van der Waals surface area contributed by atoms with Crippen LogP contribution >= 0.6 is 0 Å². The summed E-state index contributed by atoms with van der Waals surface area (Å²) in [5.74, 6) is -0.276. The van der Waals surface area contributed by atoms with Crippen LogP contribution in [0.4, 0.5) is 0 Å². The molecule has 0 spiro atoms. The van der Waals surface area contributed by atoms with Crippen LogP contribution in [0.3, 0.4) is 0 Å². The number of ether oxygens (including phenoxy) is 1. The lowest BCUT2D eigenvalue weighted by Gasteiger charge is -2.19. The van der Waals surface area contributed by atoms with Crippen molar-refractivity contribution in [2.45, 2.75) is 39.3 Å². The number of carbonyl (C=O) groups is 1. The first-order valence-electron chi connectivity index (χ1n) is 6.53. The van der Waals surface area contributed by atoms with Gasteiger partial charge in [0.1, 0.15) is 5.60 Å². The van der Waals surface area contributed by atoms with Gasteiger partial charge in [-0.05, 0) is 32.9 Å². The number of fused-ring (bicyclic) bond motifs is 1. The minimum absolute atomic E-state index is 0.117. The highest BCUT2D eigenvalue weighted by atomic mass is 16.6. The normalized spacial score (nSPS) is 11.6. The smallest absolute Gasteiger partial charge is 0.308 e. The second-order valence-corrected chi connectivity index (χ2v) is 5.59. The Morgan fingerprint density at radius 1 is 1.30 bits per heavy atom. The van der Waals surface area contributed by atoms with Crippen molar-refractivity contribution < 1.29 is 9.53 Å². The number of hydrogen-bond donors (Lipinski definition) is 0. The van der Waals surface area contributed by atoms with Gasteiger partial charge < -0.3 is 4.74 Å². The Morgan fingerprint density at radius 2 is 2.00 bits per heavy atom. The molecule has 1 aromatic carbocycles. The van der Waals surface area contributed by atoms with E-state index in [9.17, 15) is 9.59 Å². The fourth-order valence-electron chi connectivity index (χ4n) is 1.93. The minimum Gasteiger partial charge on any atom is -0.460 e. The maximum Gasteiger partial charge on any atom is 0.308 e. The van der Waals surface area contributed by atoms with Crippen LogP contribution in [0, 0.1) is 0 Å². The van der Waals surface area contributed by atoms with Gasteiger partial charge in [0.15, 0.2) is 0 Å². The monoisotopic (exact) mass is 274 g/mol. The molecule has 20 heavy (non-hydrogen) atoms. The molecule has 0 radical (unpaired) electrons. The van der Waals surface area contributed by atoms with Crippen LogP contribution in [0.15, 0.2) is 35.3 Å². The first-order valence-corrected chi connectivity index (χ1v) is 6.53. The van der Waals surface area contributed by atoms with Gasteiger partial charge >= 0.3 is 5.97 Å². The molecular weight excluding hydrogens is 256 g/mol. The van der Waals surface area contributed by atoms with E-state index < -0.39 is 5.60 Å². The highest BCUT2D eigenvalue weighted by Gasteiger charge is 2.16. The van der Waals surface area contributed by atoms with E-state index in [0.29, 0.717) is 11.9 Å². The standard InChI is InChI=1S/C15H18N2O3/c1-15(2,3)20-14(19)8-9-17-12-7-5-4-6-11(12)13(18)10-16-17/h4-7,10H,8-9H2,1-3H3. The van der Waals surface area contributed by atoms with Crippen molar-refractivity contribution in [3.63, 3.8) is 0 Å². The summed E-state index contributed by atoms with van der Waals surface area (Å²) in [6.07, 6.45) is 1.49. The third-order valence-corrected chi connectivity index (χ3v) is 2.71. The summed E-state index contributed by atoms with van der Waals surface area (Å²) < 4.78 is 6.91. The SMILES string of the molecule is CC(C)(C)OC(=O)CCn1ncc(=O)c2ccccc21. The number of aromatic nitrogens is 2. The molecule has 0 aliphatic carbocycles. The Balaban J connectivity index is 2.17. The summed E-state index contributed by atoms with van der Waals surface area (Å²) in [6, 6.07) is 7.22. The number of rotatable bonds is 3. The van der Waals surface area contributed by atoms with Crippen LogP contribution in [0.5, 0.6) is 0 Å². The predicted molar refractivity (Wildman–Crippen MR) is 76.5 cm³/mol. The van der Waals surface area contributed by atoms with Gasteiger partial charge in [-0.15, -0.1) is 0 Å². The first kappa shape index (κ1) is 14.2. The van der Waals surface area contributed by atoms with Crippen molar-refractivity contribution in [3.8, 4) is 0 Å². The van der Waals surface area contributed by atoms with Gasteiger partial charge in [0, 0.05) is 5.39 Å². The summed E-state index contributed by atoms with van der Waals surface area (Å²) in [4.78, 5) is 23.4. The van der Waals surface area contributed by atoms with Crippen LogP contribution in [0.1, 0.15) is 27.2 Å². The molecule has 0 saturated heterocycles. The van der Waals surface area contributed by atoms with Crippen molar-refractivity contribution in [2.24, 2.45) is 0 Å². The molecule has 0 N–H and O–H groups in total. The molecule has 1 aromatic heterocycles. The summed E-state index contributed by atoms with van der Waals surface area (Å²) in [5, 5.41) is 4.67. The third kappa shape index (κ3) is 3.44. The molecular formula is C15H18N2O3. The zero-order chi connectivity index (χ0) is 14.8. The number of para-hydroxylation sites is 1. The molecule has 0 bridgehead atoms. The number of nitrogens with zero attached hydrogens (tertiary/aromatic N) is 2. The van der Waals surface area contributed by atoms with Crippen LogP contribution < -0.4 is 5.43 Å². The van der Waals surface area contributed by atoms with Gasteiger partial charge in [0.05, 0.1) is 24.7 Å². The van der Waals surface area contributed by atoms with Gasteiger partial charge in [-0.3, -0.25) is 14.3 Å². The van der Waals surface area contributed by atoms with E-state index in [2.05, 4.69) is 5.10 Å². The van der Waals surface area contributed by atoms with Crippen molar-refractivity contribution in [1.29, 1.82) is 0 Å². The van der Waals surface area contributed by atoms with E-state index in [1.54, 1.807) is 10.7 Å². The van der Waals surface area contributed by atoms with Gasteiger partial charge in [-0.25, -0.2) is 0 Å². The fraction of sp³-hybridized carbons (Fsp3) is 0.400. The number of carbonyl (C=O) groups excluding carboxylic acids is 1. The number of benzene rings is 1. The predicted octanol–water partition coefficient (Wildman–Crippen LogP) is 2.13. The second-order valence-electron chi connectivity index (χ2n) is 5.59. The van der Waals surface area contributed by atoms with Crippen LogP contribution in [0.2, 0.25) is 0 Å². The van der Waals surface area contributed by atoms with Crippen LogP contribution in [-0.4, -0.2) is 21.4 Å². The van der Waals surface area contributed by atoms with Gasteiger partial charge in [-0.1, -0.05) is 12.1 Å². The quantitative estimate of drug-likeness (QED) is 0.804. The van der Waals surface area contributed by atoms with E-state index in [1.807, 2.05) is 39.0 Å². The zero-order valence-electron chi connectivity index (χ0n) is 11.9. The Labute approximate surface area is 117 Å². The maximum atomic E-state index is 11.7. The fourth-order valence-corrected chi connectivity index (χ4v) is 1.93. The van der Waals surface area contributed by atoms with E-state index in [-0.39, 0.29) is 17.8 Å². The van der Waals surface area contributed by atoms with Crippen molar-refractivity contribution in [1.82, 2.24) is 9.78 Å². The maximum absolute atomic E-state index is 11.7. The highest BCUT2D eigenvalue weighted by molar-refractivity contribution is 5.78. The number of aryl methyl sites for hydroxylation is 1. The molecule has 106 valence electrons. The van der Waals surface area contributed by atoms with E-state index in [1.165, 1.54) is 6.20 Å². The first-order chi connectivity index (χ1) is 9.37. The molecule has 2 rings (SSSR count). The topological polar surface area (TPSA) is 61.2 Å². The van der Waals surface area contributed by atoms with Crippen molar-refractivity contribution in [3.05, 3.63) is 40.7 Å². The molecule has 0 amide bonds. The largest absolute Gasteiger partial charge is 0.460 e. The van der Waals surface area contributed by atoms with E-state index >= 15 is 0 Å². The zero-order valence-corrected chi connectivity index (χ0v) is 11.9. The Hall–Kier alpha value is -2.17. The number of esters is 1. The molecule has 2 aromatic rings. The Kier molecular flexibility index (Phi) is 3.88. The lowest BCUT2D eigenvalue weighted by atomic mass is 10.2. The highest BCUT2D eigenvalue weighted by Crippen LogP contribution is 2.11. The molecule has 0 saturated carbocycles. The summed E-state index contributed by atoms with van der Waals surface area (Å²) in [6.45, 7) is 5.88. The Morgan fingerprint density at radius 3 is 2.70 bits per heavy atom. The Bertz CT molecular complexity index is 683. The molecule has 5 heteroatoms. The molecule has 5 nitrogen and oxygen atoms in total. The van der Waals surface area contributed by atoms with Crippen molar-refractivity contribution in [2.75, 3.05) is 0 Å². The summed E-state index contributed by atoms with van der Waals surface area (Å²) in [5.41, 5.74) is 0.119. The summed E-state index contributed by atoms with van der Waals surface area (Å²) >= 11 is 0. The lowest BCUT2D eigenvalue weighted by molar-refractivity contribution is -0.155. The van der Waals surface area contributed by atoms with Gasteiger partial charge in [0.25, 0.3) is 0 Å². The third-order valence-electron chi connectivity index (χ3n) is 2.71. The molecule has 0 aliphatic rings. The van der Waals surface area contributed by atoms with Crippen molar-refractivity contribution >= 4 is 16.9 Å². The van der Waals surface area contributed by atoms with Crippen LogP contribution in [-0.2, 0) is 16.1 Å². The van der Waals surface area contributed by atoms with Crippen LogP contribution in [0.25, 0.3) is 10.9 Å². The minimum atomic E-state index is -0.490. The molecule has 0 unspecified atom stereocenters. The molecule has 0 atom stereocenters. The number of hydrogen-bond acceptors (Lipinski definition) is 4. The van der Waals surface area contributed by atoms with Gasteiger partial charge in [-0.2, -0.15) is 5.10 Å². The lowest BCUT2D eigenvalue weighted by Crippen LogP contribution is -2.25. The average Bonchev–Trinajstić information content (AvgIpc) is 2.36.